The van der Waals surface area contributed by atoms with E-state index in [0.717, 1.165) is 4.88 Å². The van der Waals surface area contributed by atoms with E-state index in [1.165, 1.54) is 29.5 Å². The summed E-state index contributed by atoms with van der Waals surface area (Å²) in [5.74, 6) is -1.09. The van der Waals surface area contributed by atoms with Crippen LogP contribution < -0.4 is 11.1 Å². The quantitative estimate of drug-likeness (QED) is 0.851. The van der Waals surface area contributed by atoms with Crippen molar-refractivity contribution in [3.8, 4) is 0 Å². The minimum Gasteiger partial charge on any atom is -0.399 e. The van der Waals surface area contributed by atoms with Crippen molar-refractivity contribution < 1.29 is 9.18 Å². The number of amides is 1. The number of nitrogens with one attached hydrogen (secondary N) is 1. The molecule has 0 saturated carbocycles. The molecule has 3 nitrogen and oxygen atoms in total. The Balaban J connectivity index is 2.05. The number of benzene rings is 1. The molecule has 0 saturated heterocycles. The van der Waals surface area contributed by atoms with Gasteiger partial charge in [0.1, 0.15) is 5.82 Å². The molecule has 1 aromatic heterocycles. The van der Waals surface area contributed by atoms with Gasteiger partial charge in [-0.05, 0) is 30.3 Å². The molecule has 1 amide bonds. The summed E-state index contributed by atoms with van der Waals surface area (Å²) in [6, 6.07) is 7.45. The van der Waals surface area contributed by atoms with E-state index in [-0.39, 0.29) is 5.56 Å². The molecular weight excluding hydrogens is 275 g/mol. The van der Waals surface area contributed by atoms with Gasteiger partial charge in [0.25, 0.3) is 5.91 Å². The van der Waals surface area contributed by atoms with E-state index >= 15 is 0 Å². The van der Waals surface area contributed by atoms with Crippen molar-refractivity contribution in [3.63, 3.8) is 0 Å². The van der Waals surface area contributed by atoms with E-state index in [1.807, 2.05) is 6.07 Å². The van der Waals surface area contributed by atoms with Crippen LogP contribution in [0.5, 0.6) is 0 Å². The van der Waals surface area contributed by atoms with Gasteiger partial charge in [0, 0.05) is 10.6 Å². The van der Waals surface area contributed by atoms with Crippen molar-refractivity contribution in [2.75, 3.05) is 5.73 Å². The van der Waals surface area contributed by atoms with Gasteiger partial charge in [-0.15, -0.1) is 11.3 Å². The molecule has 6 heteroatoms. The van der Waals surface area contributed by atoms with Crippen molar-refractivity contribution in [1.29, 1.82) is 0 Å². The molecule has 0 aliphatic rings. The number of carbonyl (C=O) groups excluding carboxylic acids is 1. The molecule has 94 valence electrons. The topological polar surface area (TPSA) is 55.1 Å². The first-order valence-electron chi connectivity index (χ1n) is 5.13. The van der Waals surface area contributed by atoms with Gasteiger partial charge in [-0.2, -0.15) is 0 Å². The number of rotatable bonds is 3. The maximum Gasteiger partial charge on any atom is 0.254 e. The highest BCUT2D eigenvalue weighted by atomic mass is 35.5. The Kier molecular flexibility index (Phi) is 3.84. The Morgan fingerprint density at radius 3 is 2.83 bits per heavy atom. The fraction of sp³-hybridized carbons (Fsp3) is 0.0833. The molecule has 0 aliphatic heterocycles. The average molecular weight is 285 g/mol. The summed E-state index contributed by atoms with van der Waals surface area (Å²) in [5.41, 5.74) is 5.80. The lowest BCUT2D eigenvalue weighted by Crippen LogP contribution is -2.23. The molecule has 0 spiro atoms. The van der Waals surface area contributed by atoms with Crippen LogP contribution in [0.15, 0.2) is 30.3 Å². The summed E-state index contributed by atoms with van der Waals surface area (Å²) >= 11 is 7.13. The Morgan fingerprint density at radius 2 is 2.17 bits per heavy atom. The third-order valence-corrected chi connectivity index (χ3v) is 3.52. The number of hydrogen-bond acceptors (Lipinski definition) is 3. The minimum atomic E-state index is -0.592. The second-order valence-electron chi connectivity index (χ2n) is 3.63. The molecule has 0 radical (unpaired) electrons. The standard InChI is InChI=1S/C12H10ClFN2OS/c13-11-4-2-8(18-11)6-16-12(17)9-5-7(15)1-3-10(9)14/h1-5H,6,15H2,(H,16,17). The van der Waals surface area contributed by atoms with Crippen LogP contribution in [0.1, 0.15) is 15.2 Å². The average Bonchev–Trinajstić information content (AvgIpc) is 2.75. The SMILES string of the molecule is Nc1ccc(F)c(C(=O)NCc2ccc(Cl)s2)c1. The van der Waals surface area contributed by atoms with Crippen molar-refractivity contribution in [1.82, 2.24) is 5.32 Å². The summed E-state index contributed by atoms with van der Waals surface area (Å²) in [4.78, 5) is 12.7. The smallest absolute Gasteiger partial charge is 0.254 e. The molecule has 1 heterocycles. The summed E-state index contributed by atoms with van der Waals surface area (Å²) in [7, 11) is 0. The third kappa shape index (κ3) is 3.00. The zero-order chi connectivity index (χ0) is 13.1. The van der Waals surface area contributed by atoms with E-state index < -0.39 is 11.7 Å². The van der Waals surface area contributed by atoms with Crippen LogP contribution >= 0.6 is 22.9 Å². The van der Waals surface area contributed by atoms with Gasteiger partial charge in [-0.3, -0.25) is 4.79 Å². The highest BCUT2D eigenvalue weighted by Gasteiger charge is 2.11. The van der Waals surface area contributed by atoms with Crippen LogP contribution in [0.2, 0.25) is 4.34 Å². The van der Waals surface area contributed by atoms with Gasteiger partial charge >= 0.3 is 0 Å². The zero-order valence-electron chi connectivity index (χ0n) is 9.24. The largest absolute Gasteiger partial charge is 0.399 e. The number of nitrogen functional groups attached to an aromatic ring is 1. The van der Waals surface area contributed by atoms with Crippen LogP contribution in [0, 0.1) is 5.82 Å². The minimum absolute atomic E-state index is 0.0577. The second kappa shape index (κ2) is 5.37. The van der Waals surface area contributed by atoms with Gasteiger partial charge in [0.2, 0.25) is 0 Å². The zero-order valence-corrected chi connectivity index (χ0v) is 10.8. The van der Waals surface area contributed by atoms with Crippen molar-refractivity contribution >= 4 is 34.5 Å². The fourth-order valence-corrected chi connectivity index (χ4v) is 2.45. The number of anilines is 1. The molecule has 0 aliphatic carbocycles. The van der Waals surface area contributed by atoms with Gasteiger partial charge in [0.15, 0.2) is 0 Å². The van der Waals surface area contributed by atoms with Gasteiger partial charge in [-0.25, -0.2) is 4.39 Å². The maximum absolute atomic E-state index is 13.4. The van der Waals surface area contributed by atoms with Crippen molar-refractivity contribution in [3.05, 3.63) is 50.9 Å². The molecule has 2 rings (SSSR count). The van der Waals surface area contributed by atoms with Gasteiger partial charge in [-0.1, -0.05) is 11.6 Å². The lowest BCUT2D eigenvalue weighted by Gasteiger charge is -2.05. The van der Waals surface area contributed by atoms with E-state index in [9.17, 15) is 9.18 Å². The number of nitrogens with two attached hydrogens (primary N) is 1. The van der Waals surface area contributed by atoms with E-state index in [1.54, 1.807) is 6.07 Å². The molecule has 18 heavy (non-hydrogen) atoms. The highest BCUT2D eigenvalue weighted by Crippen LogP contribution is 2.21. The van der Waals surface area contributed by atoms with Gasteiger partial charge in [0.05, 0.1) is 16.4 Å². The number of thiophene rings is 1. The Bertz CT molecular complexity index is 585. The molecule has 3 N–H and O–H groups in total. The lowest BCUT2D eigenvalue weighted by atomic mass is 10.2. The summed E-state index contributed by atoms with van der Waals surface area (Å²) in [5, 5.41) is 2.61. The molecular formula is C12H10ClFN2OS. The van der Waals surface area contributed by atoms with E-state index in [2.05, 4.69) is 5.32 Å². The van der Waals surface area contributed by atoms with E-state index in [0.29, 0.717) is 16.6 Å². The molecule has 0 bridgehead atoms. The van der Waals surface area contributed by atoms with E-state index in [4.69, 9.17) is 17.3 Å². The monoisotopic (exact) mass is 284 g/mol. The van der Waals surface area contributed by atoms with Gasteiger partial charge < -0.3 is 11.1 Å². The van der Waals surface area contributed by atoms with Crippen molar-refractivity contribution in [2.45, 2.75) is 6.54 Å². The second-order valence-corrected chi connectivity index (χ2v) is 5.43. The Morgan fingerprint density at radius 1 is 1.39 bits per heavy atom. The first-order valence-corrected chi connectivity index (χ1v) is 6.33. The Labute approximate surface area is 112 Å². The van der Waals surface area contributed by atoms with Crippen LogP contribution in [-0.2, 0) is 6.54 Å². The predicted molar refractivity (Wildman–Crippen MR) is 71.3 cm³/mol. The third-order valence-electron chi connectivity index (χ3n) is 2.29. The molecule has 1 aromatic carbocycles. The summed E-state index contributed by atoms with van der Waals surface area (Å²) in [6.45, 7) is 0.310. The first-order chi connectivity index (χ1) is 8.56. The number of halogens is 2. The highest BCUT2D eigenvalue weighted by molar-refractivity contribution is 7.16. The molecule has 0 unspecified atom stereocenters. The molecule has 0 atom stereocenters. The Hall–Kier alpha value is -1.59. The maximum atomic E-state index is 13.4. The molecule has 2 aromatic rings. The summed E-state index contributed by atoms with van der Waals surface area (Å²) < 4.78 is 14.1. The number of carbonyl (C=O) groups is 1. The predicted octanol–water partition coefficient (Wildman–Crippen LogP) is 3.05. The van der Waals surface area contributed by atoms with Crippen molar-refractivity contribution in [2.24, 2.45) is 0 Å². The number of hydrogen-bond donors (Lipinski definition) is 2. The fourth-order valence-electron chi connectivity index (χ4n) is 1.43. The normalized spacial score (nSPS) is 10.3. The van der Waals surface area contributed by atoms with Crippen LogP contribution in [0.3, 0.4) is 0 Å². The van der Waals surface area contributed by atoms with Crippen LogP contribution in [-0.4, -0.2) is 5.91 Å². The van der Waals surface area contributed by atoms with Crippen LogP contribution in [0.4, 0.5) is 10.1 Å². The molecule has 0 fully saturated rings. The lowest BCUT2D eigenvalue weighted by molar-refractivity contribution is 0.0947. The summed E-state index contributed by atoms with van der Waals surface area (Å²) in [6.07, 6.45) is 0. The first kappa shape index (κ1) is 12.9. The van der Waals surface area contributed by atoms with Crippen LogP contribution in [0.25, 0.3) is 0 Å².